The standard InChI is InChI=1S/C30H35Cl2N3O5/c31-22-17-21(18-23(32)19-22)27(37)34-24(28(38)35-14-12-30(13-15-35)10-4-5-11-30)8-9-26(36)33-25(29(39)40)16-20-6-2-1-3-7-20/h1-3,6-7,17-19,24-25H,4-5,8-16H2,(H,33,36)(H,34,37)(H,39,40)/t24?,25-/m0/s1. The molecule has 0 bridgehead atoms. The van der Waals surface area contributed by atoms with Gasteiger partial charge in [0.2, 0.25) is 11.8 Å². The Labute approximate surface area is 244 Å². The number of nitrogens with zero attached hydrogens (tertiary/aromatic N) is 1. The van der Waals surface area contributed by atoms with Crippen molar-refractivity contribution in [3.8, 4) is 0 Å². The van der Waals surface area contributed by atoms with Crippen LogP contribution in [-0.4, -0.2) is 58.9 Å². The predicted octanol–water partition coefficient (Wildman–Crippen LogP) is 4.87. The number of benzene rings is 2. The zero-order chi connectivity index (χ0) is 28.7. The highest BCUT2D eigenvalue weighted by Gasteiger charge is 2.39. The van der Waals surface area contributed by atoms with Gasteiger partial charge >= 0.3 is 5.97 Å². The van der Waals surface area contributed by atoms with Crippen LogP contribution < -0.4 is 10.6 Å². The molecule has 3 amide bonds. The number of amides is 3. The first-order valence-corrected chi connectivity index (χ1v) is 14.5. The van der Waals surface area contributed by atoms with Gasteiger partial charge in [-0.2, -0.15) is 0 Å². The summed E-state index contributed by atoms with van der Waals surface area (Å²) in [6.07, 6.45) is 6.72. The topological polar surface area (TPSA) is 116 Å². The molecule has 2 fully saturated rings. The summed E-state index contributed by atoms with van der Waals surface area (Å²) >= 11 is 12.1. The van der Waals surface area contributed by atoms with Crippen LogP contribution in [0.4, 0.5) is 0 Å². The van der Waals surface area contributed by atoms with Crippen molar-refractivity contribution in [1.29, 1.82) is 0 Å². The van der Waals surface area contributed by atoms with E-state index >= 15 is 0 Å². The van der Waals surface area contributed by atoms with Crippen molar-refractivity contribution >= 4 is 46.9 Å². The van der Waals surface area contributed by atoms with Gasteiger partial charge < -0.3 is 20.6 Å². The number of carboxylic acid groups (broad SMARTS) is 1. The van der Waals surface area contributed by atoms with Crippen LogP contribution >= 0.6 is 23.2 Å². The van der Waals surface area contributed by atoms with Crippen molar-refractivity contribution < 1.29 is 24.3 Å². The molecule has 1 unspecified atom stereocenters. The summed E-state index contributed by atoms with van der Waals surface area (Å²) in [6, 6.07) is 11.4. The Hall–Kier alpha value is -3.10. The average Bonchev–Trinajstić information content (AvgIpc) is 3.38. The summed E-state index contributed by atoms with van der Waals surface area (Å²) in [5.74, 6) is -2.43. The number of rotatable bonds is 10. The molecular weight excluding hydrogens is 553 g/mol. The summed E-state index contributed by atoms with van der Waals surface area (Å²) < 4.78 is 0. The van der Waals surface area contributed by atoms with E-state index in [2.05, 4.69) is 10.6 Å². The van der Waals surface area contributed by atoms with Gasteiger partial charge in [0.1, 0.15) is 12.1 Å². The highest BCUT2D eigenvalue weighted by molar-refractivity contribution is 6.35. The van der Waals surface area contributed by atoms with E-state index in [0.717, 1.165) is 18.4 Å². The molecule has 2 aliphatic rings. The number of carbonyl (C=O) groups is 4. The average molecular weight is 589 g/mol. The van der Waals surface area contributed by atoms with Crippen molar-refractivity contribution in [3.05, 3.63) is 69.7 Å². The highest BCUT2D eigenvalue weighted by atomic mass is 35.5. The second kappa shape index (κ2) is 13.5. The Morgan fingerprint density at radius 3 is 2.10 bits per heavy atom. The quantitative estimate of drug-likeness (QED) is 0.367. The van der Waals surface area contributed by atoms with Crippen LogP contribution in [0.2, 0.25) is 10.0 Å². The van der Waals surface area contributed by atoms with Crippen molar-refractivity contribution in [2.75, 3.05) is 13.1 Å². The molecule has 4 rings (SSSR count). The van der Waals surface area contributed by atoms with E-state index in [4.69, 9.17) is 23.2 Å². The molecule has 1 saturated carbocycles. The molecule has 10 heteroatoms. The lowest BCUT2D eigenvalue weighted by atomic mass is 9.77. The Morgan fingerprint density at radius 2 is 1.50 bits per heavy atom. The lowest BCUT2D eigenvalue weighted by molar-refractivity contribution is -0.142. The lowest BCUT2D eigenvalue weighted by Gasteiger charge is -2.40. The van der Waals surface area contributed by atoms with Gasteiger partial charge in [-0.1, -0.05) is 66.4 Å². The number of aliphatic carboxylic acids is 1. The van der Waals surface area contributed by atoms with E-state index < -0.39 is 29.9 Å². The van der Waals surface area contributed by atoms with Gasteiger partial charge in [0.25, 0.3) is 5.91 Å². The molecule has 2 atom stereocenters. The van der Waals surface area contributed by atoms with Crippen LogP contribution in [-0.2, 0) is 20.8 Å². The lowest BCUT2D eigenvalue weighted by Crippen LogP contribution is -2.52. The largest absolute Gasteiger partial charge is 0.480 e. The number of hydrogen-bond donors (Lipinski definition) is 3. The van der Waals surface area contributed by atoms with Crippen LogP contribution in [0.3, 0.4) is 0 Å². The molecule has 2 aromatic carbocycles. The molecule has 214 valence electrons. The molecule has 1 heterocycles. The molecule has 1 saturated heterocycles. The predicted molar refractivity (Wildman–Crippen MR) is 153 cm³/mol. The van der Waals surface area contributed by atoms with Gasteiger partial charge in [-0.3, -0.25) is 14.4 Å². The maximum atomic E-state index is 13.6. The minimum atomic E-state index is -1.15. The molecule has 1 aliphatic carbocycles. The number of carboxylic acids is 1. The number of hydrogen-bond acceptors (Lipinski definition) is 4. The highest BCUT2D eigenvalue weighted by Crippen LogP contribution is 2.46. The van der Waals surface area contributed by atoms with Gasteiger partial charge in [0.05, 0.1) is 0 Å². The normalized spacial score (nSPS) is 17.7. The first-order valence-electron chi connectivity index (χ1n) is 13.8. The Balaban J connectivity index is 1.42. The molecule has 0 radical (unpaired) electrons. The Kier molecular flexibility index (Phi) is 10.1. The molecule has 8 nitrogen and oxygen atoms in total. The Morgan fingerprint density at radius 1 is 0.875 bits per heavy atom. The summed E-state index contributed by atoms with van der Waals surface area (Å²) in [7, 11) is 0. The summed E-state index contributed by atoms with van der Waals surface area (Å²) in [5.41, 5.74) is 1.30. The first-order chi connectivity index (χ1) is 19.1. The number of likely N-dealkylation sites (tertiary alicyclic amines) is 1. The summed E-state index contributed by atoms with van der Waals surface area (Å²) in [5, 5.41) is 15.6. The zero-order valence-electron chi connectivity index (χ0n) is 22.3. The van der Waals surface area contributed by atoms with Gasteiger partial charge in [0, 0.05) is 41.5 Å². The van der Waals surface area contributed by atoms with Crippen LogP contribution in [0.1, 0.15) is 67.3 Å². The molecule has 3 N–H and O–H groups in total. The third-order valence-corrected chi connectivity index (χ3v) is 8.54. The summed E-state index contributed by atoms with van der Waals surface area (Å²) in [6.45, 7) is 1.22. The number of piperidine rings is 1. The minimum Gasteiger partial charge on any atom is -0.480 e. The van der Waals surface area contributed by atoms with Crippen molar-refractivity contribution in [1.82, 2.24) is 15.5 Å². The van der Waals surface area contributed by atoms with E-state index in [9.17, 15) is 24.3 Å². The van der Waals surface area contributed by atoms with E-state index in [1.54, 1.807) is 29.2 Å². The smallest absolute Gasteiger partial charge is 0.326 e. The van der Waals surface area contributed by atoms with E-state index in [-0.39, 0.29) is 40.8 Å². The van der Waals surface area contributed by atoms with Crippen LogP contribution in [0, 0.1) is 5.41 Å². The molecule has 1 aliphatic heterocycles. The van der Waals surface area contributed by atoms with Crippen LogP contribution in [0.25, 0.3) is 0 Å². The molecular formula is C30H35Cl2N3O5. The number of nitrogens with one attached hydrogen (secondary N) is 2. The van der Waals surface area contributed by atoms with E-state index in [1.165, 1.54) is 43.9 Å². The van der Waals surface area contributed by atoms with E-state index in [1.807, 2.05) is 6.07 Å². The minimum absolute atomic E-state index is 0.0179. The van der Waals surface area contributed by atoms with Gasteiger partial charge in [0.15, 0.2) is 0 Å². The third kappa shape index (κ3) is 7.98. The second-order valence-electron chi connectivity index (χ2n) is 10.9. The van der Waals surface area contributed by atoms with Crippen LogP contribution in [0.5, 0.6) is 0 Å². The third-order valence-electron chi connectivity index (χ3n) is 8.10. The fourth-order valence-corrected chi connectivity index (χ4v) is 6.35. The maximum Gasteiger partial charge on any atom is 0.326 e. The molecule has 2 aromatic rings. The molecule has 0 aromatic heterocycles. The Bertz CT molecular complexity index is 1200. The molecule has 1 spiro atoms. The van der Waals surface area contributed by atoms with Crippen LogP contribution in [0.15, 0.2) is 48.5 Å². The van der Waals surface area contributed by atoms with Crippen molar-refractivity contribution in [2.24, 2.45) is 5.41 Å². The summed E-state index contributed by atoms with van der Waals surface area (Å²) in [4.78, 5) is 53.1. The van der Waals surface area contributed by atoms with Crippen molar-refractivity contribution in [2.45, 2.75) is 69.9 Å². The molecule has 40 heavy (non-hydrogen) atoms. The first kappa shape index (κ1) is 29.9. The SMILES string of the molecule is O=C(CCC(NC(=O)c1cc(Cl)cc(Cl)c1)C(=O)N1CCC2(CCCC2)CC1)N[C@@H](Cc1ccccc1)C(=O)O. The number of carbonyl (C=O) groups excluding carboxylic acids is 3. The maximum absolute atomic E-state index is 13.6. The van der Waals surface area contributed by atoms with Crippen molar-refractivity contribution in [3.63, 3.8) is 0 Å². The second-order valence-corrected chi connectivity index (χ2v) is 11.8. The van der Waals surface area contributed by atoms with Gasteiger partial charge in [-0.05, 0) is 61.3 Å². The van der Waals surface area contributed by atoms with Gasteiger partial charge in [-0.15, -0.1) is 0 Å². The van der Waals surface area contributed by atoms with E-state index in [0.29, 0.717) is 18.5 Å². The van der Waals surface area contributed by atoms with Gasteiger partial charge in [-0.25, -0.2) is 4.79 Å². The fraction of sp³-hybridized carbons (Fsp3) is 0.467. The zero-order valence-corrected chi connectivity index (χ0v) is 23.8. The monoisotopic (exact) mass is 587 g/mol. The fourth-order valence-electron chi connectivity index (χ4n) is 5.82. The number of halogens is 2.